The molecule has 2 unspecified atom stereocenters. The highest BCUT2D eigenvalue weighted by molar-refractivity contribution is 5.81. The third-order valence-electron chi connectivity index (χ3n) is 6.59. The fraction of sp³-hybridized carbons (Fsp3) is 0.440. The van der Waals surface area contributed by atoms with Crippen molar-refractivity contribution in [3.63, 3.8) is 0 Å². The second-order valence-corrected chi connectivity index (χ2v) is 9.40. The first kappa shape index (κ1) is 23.4. The van der Waals surface area contributed by atoms with Crippen molar-refractivity contribution in [1.29, 1.82) is 0 Å². The first-order chi connectivity index (χ1) is 15.7. The van der Waals surface area contributed by atoms with Gasteiger partial charge in [-0.15, -0.1) is 0 Å². The summed E-state index contributed by atoms with van der Waals surface area (Å²) in [5, 5.41) is 38.6. The molecule has 2 aromatic carbocycles. The maximum Gasteiger partial charge on any atom is 0.227 e. The molecule has 4 N–H and O–H groups in total. The summed E-state index contributed by atoms with van der Waals surface area (Å²) in [6.45, 7) is 6.59. The summed E-state index contributed by atoms with van der Waals surface area (Å²) in [6.07, 6.45) is -0.0427. The van der Waals surface area contributed by atoms with Crippen LogP contribution in [0.1, 0.15) is 35.6 Å². The molecule has 0 radical (unpaired) electrons. The normalized spacial score (nSPS) is 19.3. The number of nitrogens with one attached hydrogen (secondary N) is 1. The highest BCUT2D eigenvalue weighted by Crippen LogP contribution is 2.36. The van der Waals surface area contributed by atoms with Gasteiger partial charge in [0.15, 0.2) is 6.29 Å². The maximum absolute atomic E-state index is 13.1. The third-order valence-corrected chi connectivity index (χ3v) is 6.59. The highest BCUT2D eigenvalue weighted by Gasteiger charge is 2.50. The summed E-state index contributed by atoms with van der Waals surface area (Å²) in [6, 6.07) is 11.9. The van der Waals surface area contributed by atoms with E-state index in [9.17, 15) is 20.1 Å². The molecule has 0 bridgehead atoms. The van der Waals surface area contributed by atoms with Gasteiger partial charge < -0.3 is 20.2 Å². The molecule has 1 fully saturated rings. The van der Waals surface area contributed by atoms with Crippen LogP contribution in [-0.4, -0.2) is 72.4 Å². The molecule has 0 spiro atoms. The van der Waals surface area contributed by atoms with Crippen LogP contribution in [-0.2, 0) is 17.8 Å². The Labute approximate surface area is 193 Å². The molecule has 176 valence electrons. The molecule has 1 aliphatic heterocycles. The van der Waals surface area contributed by atoms with Gasteiger partial charge in [0.2, 0.25) is 5.91 Å². The van der Waals surface area contributed by atoms with E-state index in [0.717, 1.165) is 33.2 Å². The lowest BCUT2D eigenvalue weighted by atomic mass is 9.83. The van der Waals surface area contributed by atoms with E-state index in [1.807, 2.05) is 51.1 Å². The zero-order valence-electron chi connectivity index (χ0n) is 19.3. The van der Waals surface area contributed by atoms with Gasteiger partial charge in [-0.25, -0.2) is 0 Å². The first-order valence-corrected chi connectivity index (χ1v) is 11.2. The lowest BCUT2D eigenvalue weighted by Crippen LogP contribution is -2.70. The number of fused-ring (bicyclic) bond motifs is 1. The topological polar surface area (TPSA) is 113 Å². The molecular formula is C25H32N4O4. The third kappa shape index (κ3) is 4.94. The van der Waals surface area contributed by atoms with Crippen molar-refractivity contribution in [2.45, 2.75) is 58.2 Å². The van der Waals surface area contributed by atoms with E-state index in [4.69, 9.17) is 0 Å². The number of H-pyrrole nitrogens is 1. The fourth-order valence-electron chi connectivity index (χ4n) is 4.87. The molecule has 2 atom stereocenters. The van der Waals surface area contributed by atoms with Crippen LogP contribution < -0.4 is 0 Å². The number of carbonyl (C=O) groups is 1. The molecule has 0 aliphatic carbocycles. The Hall–Kier alpha value is -2.78. The minimum absolute atomic E-state index is 0.0452. The standard InChI is InChI=1S/C25H32N4O4/c1-16-8-17(2)10-19(9-16)12-22(30)29-7-6-25(29,3)24(33)28(15-23(31)32)14-18-4-5-20-13-26-27-21(20)11-18/h4-5,8-11,13,23-24,31-33H,6-7,12,14-15H2,1-3H3,(H,26,27). The van der Waals surface area contributed by atoms with E-state index in [1.54, 1.807) is 16.0 Å². The zero-order chi connectivity index (χ0) is 23.8. The lowest BCUT2D eigenvalue weighted by Gasteiger charge is -2.55. The number of likely N-dealkylation sites (tertiary alicyclic amines) is 1. The Morgan fingerprint density at radius 1 is 1.15 bits per heavy atom. The lowest BCUT2D eigenvalue weighted by molar-refractivity contribution is -0.187. The number of aromatic nitrogens is 2. The number of nitrogens with zero attached hydrogens (tertiary/aromatic N) is 3. The molecule has 0 saturated carbocycles. The predicted molar refractivity (Wildman–Crippen MR) is 125 cm³/mol. The predicted octanol–water partition coefficient (Wildman–Crippen LogP) is 1.84. The van der Waals surface area contributed by atoms with Gasteiger partial charge in [-0.1, -0.05) is 41.5 Å². The SMILES string of the molecule is Cc1cc(C)cc(CC(=O)N2CCC2(C)C(O)N(Cc2ccc3cn[nH]c3c2)CC(O)O)c1. The summed E-state index contributed by atoms with van der Waals surface area (Å²) < 4.78 is 0. The molecule has 4 rings (SSSR count). The van der Waals surface area contributed by atoms with Crippen LogP contribution >= 0.6 is 0 Å². The maximum atomic E-state index is 13.1. The van der Waals surface area contributed by atoms with Gasteiger partial charge >= 0.3 is 0 Å². The molecule has 33 heavy (non-hydrogen) atoms. The number of amides is 1. The molecule has 1 saturated heterocycles. The fourth-order valence-corrected chi connectivity index (χ4v) is 4.87. The van der Waals surface area contributed by atoms with Crippen molar-refractivity contribution < 1.29 is 20.1 Å². The van der Waals surface area contributed by atoms with E-state index >= 15 is 0 Å². The largest absolute Gasteiger partial charge is 0.376 e. The van der Waals surface area contributed by atoms with Crippen molar-refractivity contribution in [1.82, 2.24) is 20.0 Å². The quantitative estimate of drug-likeness (QED) is 0.388. The number of aliphatic hydroxyl groups excluding tert-OH is 2. The van der Waals surface area contributed by atoms with Crippen LogP contribution in [0.25, 0.3) is 10.9 Å². The Morgan fingerprint density at radius 3 is 2.52 bits per heavy atom. The number of hydrogen-bond donors (Lipinski definition) is 4. The minimum Gasteiger partial charge on any atom is -0.376 e. The average Bonchev–Trinajstić information content (AvgIpc) is 3.18. The molecule has 8 heteroatoms. The number of hydrogen-bond acceptors (Lipinski definition) is 6. The summed E-state index contributed by atoms with van der Waals surface area (Å²) in [5.41, 5.74) is 4.12. The Bertz CT molecular complexity index is 1120. The van der Waals surface area contributed by atoms with E-state index in [2.05, 4.69) is 16.3 Å². The van der Waals surface area contributed by atoms with Crippen molar-refractivity contribution in [2.75, 3.05) is 13.1 Å². The van der Waals surface area contributed by atoms with Gasteiger partial charge in [-0.3, -0.25) is 14.8 Å². The number of aliphatic hydroxyl groups is 3. The van der Waals surface area contributed by atoms with Crippen LogP contribution in [0.5, 0.6) is 0 Å². The molecule has 3 aromatic rings. The van der Waals surface area contributed by atoms with Gasteiger partial charge in [0, 0.05) is 18.5 Å². The zero-order valence-corrected chi connectivity index (χ0v) is 19.3. The average molecular weight is 453 g/mol. The Kier molecular flexibility index (Phi) is 6.54. The van der Waals surface area contributed by atoms with Crippen molar-refractivity contribution >= 4 is 16.8 Å². The minimum atomic E-state index is -1.61. The van der Waals surface area contributed by atoms with E-state index in [0.29, 0.717) is 19.5 Å². The number of rotatable bonds is 8. The van der Waals surface area contributed by atoms with Crippen LogP contribution in [0.2, 0.25) is 0 Å². The Balaban J connectivity index is 1.51. The van der Waals surface area contributed by atoms with Crippen LogP contribution in [0.4, 0.5) is 0 Å². The van der Waals surface area contributed by atoms with E-state index in [1.165, 1.54) is 0 Å². The van der Waals surface area contributed by atoms with Crippen molar-refractivity contribution in [2.24, 2.45) is 0 Å². The monoisotopic (exact) mass is 452 g/mol. The summed E-state index contributed by atoms with van der Waals surface area (Å²) in [5.74, 6) is -0.0452. The van der Waals surface area contributed by atoms with Gasteiger partial charge in [-0.05, 0) is 44.4 Å². The van der Waals surface area contributed by atoms with Crippen LogP contribution in [0.3, 0.4) is 0 Å². The highest BCUT2D eigenvalue weighted by atomic mass is 16.5. The van der Waals surface area contributed by atoms with Crippen LogP contribution in [0.15, 0.2) is 42.6 Å². The van der Waals surface area contributed by atoms with Crippen molar-refractivity contribution in [3.8, 4) is 0 Å². The second kappa shape index (κ2) is 9.23. The summed E-state index contributed by atoms with van der Waals surface area (Å²) >= 11 is 0. The molecule has 1 amide bonds. The smallest absolute Gasteiger partial charge is 0.227 e. The van der Waals surface area contributed by atoms with Gasteiger partial charge in [0.1, 0.15) is 6.23 Å². The van der Waals surface area contributed by atoms with E-state index in [-0.39, 0.29) is 18.9 Å². The number of benzene rings is 2. The van der Waals surface area contributed by atoms with Gasteiger partial charge in [-0.2, -0.15) is 5.10 Å². The van der Waals surface area contributed by atoms with Crippen LogP contribution in [0, 0.1) is 13.8 Å². The molecule has 1 aliphatic rings. The number of carbonyl (C=O) groups excluding carboxylic acids is 1. The molecule has 8 nitrogen and oxygen atoms in total. The molecular weight excluding hydrogens is 420 g/mol. The second-order valence-electron chi connectivity index (χ2n) is 9.40. The van der Waals surface area contributed by atoms with Gasteiger partial charge in [0.25, 0.3) is 0 Å². The molecule has 1 aromatic heterocycles. The number of aromatic amines is 1. The summed E-state index contributed by atoms with van der Waals surface area (Å²) in [4.78, 5) is 16.5. The Morgan fingerprint density at radius 2 is 1.88 bits per heavy atom. The molecule has 2 heterocycles. The number of aryl methyl sites for hydroxylation is 2. The van der Waals surface area contributed by atoms with E-state index < -0.39 is 18.1 Å². The van der Waals surface area contributed by atoms with Gasteiger partial charge in [0.05, 0.1) is 30.2 Å². The van der Waals surface area contributed by atoms with Crippen molar-refractivity contribution in [3.05, 3.63) is 64.8 Å². The first-order valence-electron chi connectivity index (χ1n) is 11.2. The summed E-state index contributed by atoms with van der Waals surface area (Å²) in [7, 11) is 0.